The van der Waals surface area contributed by atoms with Gasteiger partial charge in [-0.3, -0.25) is 9.36 Å². The van der Waals surface area contributed by atoms with Gasteiger partial charge >= 0.3 is 0 Å². The number of amides is 1. The number of para-hydroxylation sites is 2. The van der Waals surface area contributed by atoms with Crippen LogP contribution in [0.5, 0.6) is 5.75 Å². The molecule has 2 heterocycles. The lowest BCUT2D eigenvalue weighted by Gasteiger charge is -2.15. The number of anilines is 1. The molecule has 0 aliphatic carbocycles. The van der Waals surface area contributed by atoms with E-state index in [0.29, 0.717) is 16.7 Å². The summed E-state index contributed by atoms with van der Waals surface area (Å²) in [7, 11) is 1.64. The Hall–Kier alpha value is -3.52. The molecule has 0 saturated heterocycles. The molecule has 2 aromatic heterocycles. The summed E-state index contributed by atoms with van der Waals surface area (Å²) in [6.07, 6.45) is 1.81. The lowest BCUT2D eigenvalue weighted by Crippen LogP contribution is -2.14. The molecule has 4 rings (SSSR count). The number of nitrogens with one attached hydrogen (secondary N) is 1. The van der Waals surface area contributed by atoms with Crippen LogP contribution in [0.2, 0.25) is 0 Å². The maximum Gasteiger partial charge on any atom is 0.236 e. The number of thioether (sulfide) groups is 1. The molecule has 0 atom stereocenters. The molecule has 1 amide bonds. The van der Waals surface area contributed by atoms with E-state index in [1.807, 2.05) is 65.4 Å². The fourth-order valence-electron chi connectivity index (χ4n) is 3.03. The van der Waals surface area contributed by atoms with Gasteiger partial charge in [-0.15, -0.1) is 0 Å². The van der Waals surface area contributed by atoms with E-state index in [2.05, 4.69) is 15.5 Å². The van der Waals surface area contributed by atoms with Crippen molar-refractivity contribution in [3.05, 3.63) is 72.6 Å². The zero-order chi connectivity index (χ0) is 20.9. The van der Waals surface area contributed by atoms with E-state index in [-0.39, 0.29) is 11.7 Å². The van der Waals surface area contributed by atoms with E-state index in [1.165, 1.54) is 11.8 Å². The van der Waals surface area contributed by atoms with Crippen molar-refractivity contribution in [3.8, 4) is 22.7 Å². The SMILES string of the molecule is COc1ccccc1-n1c(-c2ccccc2)cnc1SCC(=O)Nc1cc(C)on1. The Balaban J connectivity index is 1.64. The summed E-state index contributed by atoms with van der Waals surface area (Å²) >= 11 is 1.34. The minimum absolute atomic E-state index is 0.173. The lowest BCUT2D eigenvalue weighted by molar-refractivity contribution is -0.113. The highest BCUT2D eigenvalue weighted by Crippen LogP contribution is 2.33. The second kappa shape index (κ2) is 8.87. The molecule has 0 radical (unpaired) electrons. The molecule has 2 aromatic carbocycles. The number of carbonyl (C=O) groups excluding carboxylic acids is 1. The second-order valence-electron chi connectivity index (χ2n) is 6.46. The minimum atomic E-state index is -0.191. The van der Waals surface area contributed by atoms with Gasteiger partial charge in [-0.05, 0) is 19.1 Å². The quantitative estimate of drug-likeness (QED) is 0.441. The zero-order valence-electron chi connectivity index (χ0n) is 16.5. The Morgan fingerprint density at radius 3 is 2.67 bits per heavy atom. The topological polar surface area (TPSA) is 82.2 Å². The van der Waals surface area contributed by atoms with Crippen LogP contribution in [0.25, 0.3) is 16.9 Å². The van der Waals surface area contributed by atoms with Crippen molar-refractivity contribution in [1.82, 2.24) is 14.7 Å². The molecule has 4 aromatic rings. The number of aryl methyl sites for hydroxylation is 1. The van der Waals surface area contributed by atoms with Gasteiger partial charge in [0.25, 0.3) is 0 Å². The van der Waals surface area contributed by atoms with Gasteiger partial charge < -0.3 is 14.6 Å². The first kappa shape index (κ1) is 19.8. The summed E-state index contributed by atoms with van der Waals surface area (Å²) in [5.74, 6) is 1.74. The summed E-state index contributed by atoms with van der Waals surface area (Å²) in [4.78, 5) is 17.0. The van der Waals surface area contributed by atoms with Gasteiger partial charge in [0.2, 0.25) is 5.91 Å². The van der Waals surface area contributed by atoms with Gasteiger partial charge in [-0.1, -0.05) is 59.4 Å². The molecular formula is C22H20N4O3S. The van der Waals surface area contributed by atoms with Crippen molar-refractivity contribution < 1.29 is 14.1 Å². The van der Waals surface area contributed by atoms with E-state index >= 15 is 0 Å². The van der Waals surface area contributed by atoms with Crippen LogP contribution in [0.15, 0.2) is 76.5 Å². The predicted octanol–water partition coefficient (Wildman–Crippen LogP) is 4.58. The molecule has 30 heavy (non-hydrogen) atoms. The third-order valence-corrected chi connectivity index (χ3v) is 5.31. The molecule has 0 bridgehead atoms. The lowest BCUT2D eigenvalue weighted by atomic mass is 10.1. The first-order chi connectivity index (χ1) is 14.7. The van der Waals surface area contributed by atoms with E-state index in [1.54, 1.807) is 20.1 Å². The Morgan fingerprint density at radius 1 is 1.17 bits per heavy atom. The minimum Gasteiger partial charge on any atom is -0.495 e. The third kappa shape index (κ3) is 4.23. The number of aromatic nitrogens is 3. The molecule has 7 nitrogen and oxygen atoms in total. The number of nitrogens with zero attached hydrogens (tertiary/aromatic N) is 3. The molecule has 0 unspecified atom stereocenters. The van der Waals surface area contributed by atoms with Crippen LogP contribution < -0.4 is 10.1 Å². The maximum absolute atomic E-state index is 12.4. The number of methoxy groups -OCH3 is 1. The molecule has 0 saturated carbocycles. The molecule has 0 spiro atoms. The highest BCUT2D eigenvalue weighted by Gasteiger charge is 2.18. The average Bonchev–Trinajstić information content (AvgIpc) is 3.38. The van der Waals surface area contributed by atoms with Gasteiger partial charge in [0.05, 0.1) is 30.4 Å². The van der Waals surface area contributed by atoms with Crippen molar-refractivity contribution in [2.45, 2.75) is 12.1 Å². The van der Waals surface area contributed by atoms with Crippen LogP contribution >= 0.6 is 11.8 Å². The van der Waals surface area contributed by atoms with E-state index in [9.17, 15) is 4.79 Å². The van der Waals surface area contributed by atoms with Crippen LogP contribution in [-0.4, -0.2) is 33.5 Å². The average molecular weight is 420 g/mol. The van der Waals surface area contributed by atoms with E-state index < -0.39 is 0 Å². The number of benzene rings is 2. The number of rotatable bonds is 7. The van der Waals surface area contributed by atoms with Crippen LogP contribution in [0, 0.1) is 6.92 Å². The van der Waals surface area contributed by atoms with Crippen LogP contribution in [0.4, 0.5) is 5.82 Å². The summed E-state index contributed by atoms with van der Waals surface area (Å²) in [5.41, 5.74) is 2.78. The molecule has 152 valence electrons. The molecule has 1 N–H and O–H groups in total. The first-order valence-corrected chi connectivity index (χ1v) is 10.3. The number of hydrogen-bond acceptors (Lipinski definition) is 6. The Kier molecular flexibility index (Phi) is 5.85. The number of carbonyl (C=O) groups is 1. The van der Waals surface area contributed by atoms with Crippen LogP contribution in [0.1, 0.15) is 5.76 Å². The largest absolute Gasteiger partial charge is 0.495 e. The van der Waals surface area contributed by atoms with Crippen molar-refractivity contribution in [2.24, 2.45) is 0 Å². The second-order valence-corrected chi connectivity index (χ2v) is 7.40. The predicted molar refractivity (Wildman–Crippen MR) is 116 cm³/mol. The fraction of sp³-hybridized carbons (Fsp3) is 0.136. The van der Waals surface area contributed by atoms with Crippen LogP contribution in [-0.2, 0) is 4.79 Å². The monoisotopic (exact) mass is 420 g/mol. The standard InChI is InChI=1S/C22H20N4O3S/c1-15-12-20(25-29-15)24-21(27)14-30-22-23-13-18(16-8-4-3-5-9-16)26(22)17-10-6-7-11-19(17)28-2/h3-13H,14H2,1-2H3,(H,24,25,27). The van der Waals surface area contributed by atoms with Crippen molar-refractivity contribution in [2.75, 3.05) is 18.2 Å². The van der Waals surface area contributed by atoms with Crippen molar-refractivity contribution in [3.63, 3.8) is 0 Å². The summed E-state index contributed by atoms with van der Waals surface area (Å²) in [6, 6.07) is 19.4. The zero-order valence-corrected chi connectivity index (χ0v) is 17.3. The Bertz CT molecular complexity index is 1150. The van der Waals surface area contributed by atoms with Gasteiger partial charge in [-0.25, -0.2) is 4.98 Å². The summed E-state index contributed by atoms with van der Waals surface area (Å²) < 4.78 is 12.6. The third-order valence-electron chi connectivity index (χ3n) is 4.35. The molecule has 0 aliphatic rings. The van der Waals surface area contributed by atoms with E-state index in [0.717, 1.165) is 22.7 Å². The van der Waals surface area contributed by atoms with Crippen molar-refractivity contribution >= 4 is 23.5 Å². The smallest absolute Gasteiger partial charge is 0.236 e. The number of ether oxygens (including phenoxy) is 1. The van der Waals surface area contributed by atoms with Gasteiger partial charge in [0, 0.05) is 11.6 Å². The highest BCUT2D eigenvalue weighted by atomic mass is 32.2. The molecular weight excluding hydrogens is 400 g/mol. The maximum atomic E-state index is 12.4. The molecule has 8 heteroatoms. The molecule has 0 aliphatic heterocycles. The Morgan fingerprint density at radius 2 is 1.93 bits per heavy atom. The fourth-order valence-corrected chi connectivity index (χ4v) is 3.82. The number of imidazole rings is 1. The number of hydrogen-bond donors (Lipinski definition) is 1. The van der Waals surface area contributed by atoms with Gasteiger partial charge in [0.15, 0.2) is 11.0 Å². The molecule has 0 fully saturated rings. The Labute approximate surface area is 178 Å². The first-order valence-electron chi connectivity index (χ1n) is 9.28. The summed E-state index contributed by atoms with van der Waals surface area (Å²) in [5, 5.41) is 7.20. The highest BCUT2D eigenvalue weighted by molar-refractivity contribution is 7.99. The van der Waals surface area contributed by atoms with Crippen LogP contribution in [0.3, 0.4) is 0 Å². The van der Waals surface area contributed by atoms with E-state index in [4.69, 9.17) is 9.26 Å². The van der Waals surface area contributed by atoms with Gasteiger partial charge in [0.1, 0.15) is 11.5 Å². The van der Waals surface area contributed by atoms with Gasteiger partial charge in [-0.2, -0.15) is 0 Å². The normalized spacial score (nSPS) is 10.7. The summed E-state index contributed by atoms with van der Waals surface area (Å²) in [6.45, 7) is 1.77. The van der Waals surface area contributed by atoms with Crippen molar-refractivity contribution in [1.29, 1.82) is 0 Å².